The van der Waals surface area contributed by atoms with Crippen molar-refractivity contribution in [1.82, 2.24) is 0 Å². The normalized spacial score (nSPS) is 33.8. The van der Waals surface area contributed by atoms with Crippen LogP contribution >= 0.6 is 23.9 Å². The van der Waals surface area contributed by atoms with Crippen molar-refractivity contribution in [1.29, 1.82) is 0 Å². The number of aryl methyl sites for hydroxylation is 1. The molecular formula is C47H50B2N2OS2. The summed E-state index contributed by atoms with van der Waals surface area (Å²) in [5.41, 5.74) is 18.1. The average Bonchev–Trinajstić information content (AvgIpc) is 3.15. The smallest absolute Gasteiger partial charge is 0.256 e. The van der Waals surface area contributed by atoms with Gasteiger partial charge in [0.15, 0.2) is 7.28 Å². The van der Waals surface area contributed by atoms with Gasteiger partial charge in [-0.05, 0) is 212 Å². The Kier molecular flexibility index (Phi) is 6.65. The van der Waals surface area contributed by atoms with Crippen molar-refractivity contribution in [3.8, 4) is 11.5 Å². The lowest BCUT2D eigenvalue weighted by atomic mass is 9.33. The Hall–Kier alpha value is -2.89. The van der Waals surface area contributed by atoms with Crippen LogP contribution in [0.4, 0.5) is 22.7 Å². The van der Waals surface area contributed by atoms with Gasteiger partial charge in [0, 0.05) is 29.6 Å². The van der Waals surface area contributed by atoms with Crippen molar-refractivity contribution >= 4 is 88.0 Å². The molecule has 0 atom stereocenters. The molecule has 7 heteroatoms. The van der Waals surface area contributed by atoms with Gasteiger partial charge in [0.05, 0.1) is 5.69 Å². The molecule has 8 bridgehead atoms. The molecule has 4 aromatic rings. The van der Waals surface area contributed by atoms with Gasteiger partial charge in [-0.3, -0.25) is 8.61 Å². The number of nitrogens with zero attached hydrogens (tertiary/aromatic N) is 2. The van der Waals surface area contributed by atoms with E-state index in [0.717, 1.165) is 54.3 Å². The minimum absolute atomic E-state index is 0.165. The van der Waals surface area contributed by atoms with Crippen LogP contribution in [0.1, 0.15) is 93.7 Å². The van der Waals surface area contributed by atoms with Crippen molar-refractivity contribution in [3.63, 3.8) is 0 Å². The summed E-state index contributed by atoms with van der Waals surface area (Å²) < 4.78 is 12.2. The van der Waals surface area contributed by atoms with Crippen molar-refractivity contribution in [2.45, 2.75) is 94.8 Å². The highest BCUT2D eigenvalue weighted by Gasteiger charge is 2.54. The van der Waals surface area contributed by atoms with Crippen LogP contribution < -0.4 is 40.7 Å². The monoisotopic (exact) mass is 744 g/mol. The van der Waals surface area contributed by atoms with E-state index in [-0.39, 0.29) is 6.71 Å². The van der Waals surface area contributed by atoms with Gasteiger partial charge >= 0.3 is 0 Å². The van der Waals surface area contributed by atoms with Crippen molar-refractivity contribution in [2.75, 3.05) is 21.1 Å². The molecule has 4 aromatic carbocycles. The molecule has 3 nitrogen and oxygen atoms in total. The first-order valence-corrected chi connectivity index (χ1v) is 23.7. The number of hydrogen-bond donors (Lipinski definition) is 0. The van der Waals surface area contributed by atoms with Crippen molar-refractivity contribution in [2.24, 2.45) is 35.5 Å². The van der Waals surface area contributed by atoms with E-state index in [4.69, 9.17) is 4.74 Å². The van der Waals surface area contributed by atoms with Crippen LogP contribution in [-0.4, -0.2) is 26.5 Å². The fraction of sp³-hybridized carbons (Fsp3) is 0.489. The van der Waals surface area contributed by atoms with Crippen LogP contribution in [0, 0.1) is 42.4 Å². The molecule has 8 fully saturated rings. The molecule has 0 amide bonds. The maximum atomic E-state index is 7.00. The third kappa shape index (κ3) is 4.33. The number of benzene rings is 4. The Balaban J connectivity index is 0.969. The van der Waals surface area contributed by atoms with Gasteiger partial charge in [0.25, 0.3) is 6.71 Å². The van der Waals surface area contributed by atoms with Crippen LogP contribution in [0.15, 0.2) is 60.7 Å². The molecule has 0 unspecified atom stereocenters. The highest BCUT2D eigenvalue weighted by Crippen LogP contribution is 2.63. The third-order valence-corrected chi connectivity index (χ3v) is 18.3. The molecule has 0 saturated heterocycles. The van der Waals surface area contributed by atoms with Crippen LogP contribution in [0.3, 0.4) is 0 Å². The zero-order valence-corrected chi connectivity index (χ0v) is 33.8. The highest BCUT2D eigenvalue weighted by atomic mass is 32.2. The first-order chi connectivity index (χ1) is 26.4. The summed E-state index contributed by atoms with van der Waals surface area (Å²) in [7, 11) is 0.997. The second-order valence-corrected chi connectivity index (χ2v) is 21.3. The van der Waals surface area contributed by atoms with Gasteiger partial charge in [-0.1, -0.05) is 46.8 Å². The molecular weight excluding hydrogens is 694 g/mol. The summed E-state index contributed by atoms with van der Waals surface area (Å²) in [6, 6.07) is 24.6. The van der Waals surface area contributed by atoms with Gasteiger partial charge in [-0.2, -0.15) is 0 Å². The molecule has 3 heterocycles. The van der Waals surface area contributed by atoms with Crippen LogP contribution in [0.2, 0.25) is 0 Å². The van der Waals surface area contributed by atoms with Crippen LogP contribution in [0.25, 0.3) is 0 Å². The van der Waals surface area contributed by atoms with Gasteiger partial charge in [0.1, 0.15) is 11.5 Å². The minimum atomic E-state index is 0.165. The second-order valence-electron chi connectivity index (χ2n) is 19.8. The van der Waals surface area contributed by atoms with Gasteiger partial charge in [-0.25, -0.2) is 0 Å². The second kappa shape index (κ2) is 11.2. The van der Waals surface area contributed by atoms with E-state index >= 15 is 0 Å². The topological polar surface area (TPSA) is 15.7 Å². The van der Waals surface area contributed by atoms with Gasteiger partial charge in [-0.15, -0.1) is 0 Å². The van der Waals surface area contributed by atoms with Gasteiger partial charge in [0.2, 0.25) is 0 Å². The van der Waals surface area contributed by atoms with E-state index < -0.39 is 0 Å². The van der Waals surface area contributed by atoms with Crippen molar-refractivity contribution < 1.29 is 4.74 Å². The van der Waals surface area contributed by atoms with Crippen LogP contribution in [-0.2, 0) is 10.8 Å². The lowest BCUT2D eigenvalue weighted by molar-refractivity contribution is -0.00532. The van der Waals surface area contributed by atoms with Gasteiger partial charge < -0.3 is 4.74 Å². The average molecular weight is 745 g/mol. The quantitative estimate of drug-likeness (QED) is 0.135. The zero-order valence-electron chi connectivity index (χ0n) is 32.1. The molecule has 0 radical (unpaired) electrons. The Bertz CT molecular complexity index is 2230. The maximum absolute atomic E-state index is 7.00. The zero-order chi connectivity index (χ0) is 35.7. The molecule has 0 aromatic heterocycles. The molecule has 272 valence electrons. The lowest BCUT2D eigenvalue weighted by Crippen LogP contribution is -2.60. The molecule has 0 spiro atoms. The Morgan fingerprint density at radius 3 is 1.78 bits per heavy atom. The Labute approximate surface area is 331 Å². The SMILES string of the molecule is CSN1c2cc3c(cc2Bc2c(C)cc(C45CC6CC(CC(C6)C4)C5)cc21)B1c2ccccc2Oc2cc(C45CC6CC(CC(C6)C4)C5)cc(c21)N3SC. The summed E-state index contributed by atoms with van der Waals surface area (Å²) >= 11 is 3.78. The highest BCUT2D eigenvalue weighted by molar-refractivity contribution is 8.00. The number of rotatable bonds is 4. The molecule has 54 heavy (non-hydrogen) atoms. The summed E-state index contributed by atoms with van der Waals surface area (Å²) in [4.78, 5) is 0. The largest absolute Gasteiger partial charge is 0.458 e. The third-order valence-electron chi connectivity index (χ3n) is 16.8. The van der Waals surface area contributed by atoms with E-state index in [1.54, 1.807) is 11.1 Å². The first kappa shape index (κ1) is 32.2. The number of anilines is 4. The summed E-state index contributed by atoms with van der Waals surface area (Å²) in [6.45, 7) is 2.58. The number of para-hydroxylation sites is 1. The molecule has 15 rings (SSSR count). The minimum Gasteiger partial charge on any atom is -0.458 e. The molecule has 11 aliphatic rings. The number of ether oxygens (including phenoxy) is 1. The first-order valence-electron chi connectivity index (χ1n) is 21.3. The standard InChI is InChI=1S/C47H50B2N2OS2/c1-26-8-33(46-20-27-9-28(21-46)11-29(10-27)22-46)15-40-44(26)48-35-18-37-39(19-38(35)50(40)53-2)51(54-3)41-16-34(47-23-30-12-31(24-47)14-32(13-30)25-47)17-43-45(41)49(37)36-6-4-5-7-42(36)52-43/h4-8,15-19,27-32,48H,9-14,20-25H2,1-3H3. The Morgan fingerprint density at radius 2 is 1.17 bits per heavy atom. The predicted octanol–water partition coefficient (Wildman–Crippen LogP) is 8.40. The van der Waals surface area contributed by atoms with Crippen LogP contribution in [0.5, 0.6) is 11.5 Å². The summed E-state index contributed by atoms with van der Waals surface area (Å²) in [6.07, 6.45) is 21.8. The fourth-order valence-corrected chi connectivity index (χ4v) is 17.0. The number of fused-ring (bicyclic) bond motifs is 6. The molecule has 0 N–H and O–H groups in total. The summed E-state index contributed by atoms with van der Waals surface area (Å²) in [5, 5.41) is 0. The van der Waals surface area contributed by atoms with E-state index in [9.17, 15) is 0 Å². The molecule has 8 aliphatic carbocycles. The van der Waals surface area contributed by atoms with E-state index in [0.29, 0.717) is 10.8 Å². The lowest BCUT2D eigenvalue weighted by Gasteiger charge is -2.57. The molecule has 8 saturated carbocycles. The van der Waals surface area contributed by atoms with E-state index in [2.05, 4.69) is 88.7 Å². The predicted molar refractivity (Wildman–Crippen MR) is 233 cm³/mol. The van der Waals surface area contributed by atoms with E-state index in [1.807, 2.05) is 23.9 Å². The number of hydrogen-bond acceptors (Lipinski definition) is 5. The van der Waals surface area contributed by atoms with Crippen molar-refractivity contribution in [3.05, 3.63) is 77.4 Å². The van der Waals surface area contributed by atoms with E-state index in [1.165, 1.54) is 133 Å². The molecule has 3 aliphatic heterocycles. The maximum Gasteiger partial charge on any atom is 0.256 e. The Morgan fingerprint density at radius 1 is 0.611 bits per heavy atom. The fourth-order valence-electron chi connectivity index (χ4n) is 15.5. The summed E-state index contributed by atoms with van der Waals surface area (Å²) in [5.74, 6) is 7.74.